The van der Waals surface area contributed by atoms with Gasteiger partial charge in [0, 0.05) is 5.69 Å². The predicted molar refractivity (Wildman–Crippen MR) is 98.5 cm³/mol. The minimum absolute atomic E-state index is 0. The van der Waals surface area contributed by atoms with Gasteiger partial charge in [-0.1, -0.05) is 29.8 Å². The van der Waals surface area contributed by atoms with Crippen molar-refractivity contribution in [1.82, 2.24) is 0 Å². The molecule has 0 unspecified atom stereocenters. The molecule has 2 aromatic carbocycles. The van der Waals surface area contributed by atoms with E-state index < -0.39 is 0 Å². The third-order valence-electron chi connectivity index (χ3n) is 2.92. The molecule has 3 N–H and O–H groups in total. The number of guanidine groups is 1. The van der Waals surface area contributed by atoms with Crippen molar-refractivity contribution in [2.75, 3.05) is 12.4 Å². The van der Waals surface area contributed by atoms with E-state index in [-0.39, 0.29) is 24.0 Å². The monoisotopic (exact) mass is 397 g/mol. The zero-order valence-electron chi connectivity index (χ0n) is 12.2. The Hall–Kier alpha value is -1.76. The largest absolute Gasteiger partial charge is 0.497 e. The van der Waals surface area contributed by atoms with Gasteiger partial charge >= 0.3 is 0 Å². The molecule has 2 aromatic rings. The van der Waals surface area contributed by atoms with Gasteiger partial charge in [-0.2, -0.15) is 0 Å². The normalized spacial score (nSPS) is 10.7. The lowest BCUT2D eigenvalue weighted by Gasteiger charge is -2.06. The molecule has 112 valence electrons. The quantitative estimate of drug-likeness (QED) is 0.471. The van der Waals surface area contributed by atoms with Gasteiger partial charge < -0.3 is 15.8 Å². The maximum atomic E-state index is 5.86. The molecule has 0 fully saturated rings. The molecule has 0 atom stereocenters. The van der Waals surface area contributed by atoms with Crippen molar-refractivity contribution in [1.29, 1.82) is 0 Å². The highest BCUT2D eigenvalue weighted by molar-refractivity contribution is 14.0. The Bertz CT molecular complexity index is 579. The van der Waals surface area contributed by atoms with Crippen molar-refractivity contribution in [2.24, 2.45) is 10.7 Å². The Morgan fingerprint density at radius 2 is 1.71 bits per heavy atom. The Morgan fingerprint density at radius 3 is 2.29 bits per heavy atom. The molecule has 2 rings (SSSR count). The summed E-state index contributed by atoms with van der Waals surface area (Å²) in [6, 6.07) is 15.8. The maximum Gasteiger partial charge on any atom is 0.193 e. The average Bonchev–Trinajstić information content (AvgIpc) is 2.48. The lowest BCUT2D eigenvalue weighted by atomic mass is 10.2. The van der Waals surface area contributed by atoms with Crippen LogP contribution in [0.15, 0.2) is 53.5 Å². The summed E-state index contributed by atoms with van der Waals surface area (Å²) >= 11 is 0. The summed E-state index contributed by atoms with van der Waals surface area (Å²) in [5, 5.41) is 3.06. The van der Waals surface area contributed by atoms with Gasteiger partial charge in [-0.3, -0.25) is 0 Å². The predicted octanol–water partition coefficient (Wildman–Crippen LogP) is 3.55. The summed E-state index contributed by atoms with van der Waals surface area (Å²) in [4.78, 5) is 4.31. The molecule has 0 aromatic heterocycles. The molecule has 21 heavy (non-hydrogen) atoms. The van der Waals surface area contributed by atoms with Gasteiger partial charge in [-0.15, -0.1) is 24.0 Å². The lowest BCUT2D eigenvalue weighted by molar-refractivity contribution is 0.414. The second-order valence-electron chi connectivity index (χ2n) is 4.54. The molecule has 5 heteroatoms. The number of nitrogens with zero attached hydrogens (tertiary/aromatic N) is 1. The number of hydrogen-bond donors (Lipinski definition) is 2. The zero-order valence-corrected chi connectivity index (χ0v) is 14.5. The van der Waals surface area contributed by atoms with Crippen LogP contribution in [0.1, 0.15) is 11.1 Å². The van der Waals surface area contributed by atoms with Crippen molar-refractivity contribution >= 4 is 35.6 Å². The van der Waals surface area contributed by atoms with Gasteiger partial charge in [0.15, 0.2) is 5.96 Å². The first-order valence-corrected chi connectivity index (χ1v) is 6.44. The SMILES string of the molecule is COc1ccc(CN=C(N)Nc2ccc(C)cc2)cc1.I. The van der Waals surface area contributed by atoms with E-state index in [0.717, 1.165) is 17.0 Å². The van der Waals surface area contributed by atoms with Crippen LogP contribution in [0.4, 0.5) is 5.69 Å². The minimum atomic E-state index is 0. The zero-order chi connectivity index (χ0) is 14.4. The topological polar surface area (TPSA) is 59.6 Å². The number of methoxy groups -OCH3 is 1. The van der Waals surface area contributed by atoms with Gasteiger partial charge in [0.2, 0.25) is 0 Å². The molecule has 0 aliphatic rings. The van der Waals surface area contributed by atoms with Gasteiger partial charge in [-0.05, 0) is 36.8 Å². The van der Waals surface area contributed by atoms with Gasteiger partial charge in [-0.25, -0.2) is 4.99 Å². The number of aryl methyl sites for hydroxylation is 1. The number of benzene rings is 2. The van der Waals surface area contributed by atoms with E-state index in [1.807, 2.05) is 55.5 Å². The minimum Gasteiger partial charge on any atom is -0.497 e. The number of anilines is 1. The first-order valence-electron chi connectivity index (χ1n) is 6.44. The van der Waals surface area contributed by atoms with Crippen molar-refractivity contribution in [2.45, 2.75) is 13.5 Å². The molecular weight excluding hydrogens is 377 g/mol. The molecule has 0 saturated carbocycles. The molecule has 0 heterocycles. The molecule has 0 bridgehead atoms. The Balaban J connectivity index is 0.00000220. The third-order valence-corrected chi connectivity index (χ3v) is 2.92. The lowest BCUT2D eigenvalue weighted by Crippen LogP contribution is -2.22. The van der Waals surface area contributed by atoms with Crippen LogP contribution in [0.3, 0.4) is 0 Å². The van der Waals surface area contributed by atoms with E-state index >= 15 is 0 Å². The summed E-state index contributed by atoms with van der Waals surface area (Å²) in [6.45, 7) is 2.58. The summed E-state index contributed by atoms with van der Waals surface area (Å²) in [6.07, 6.45) is 0. The summed E-state index contributed by atoms with van der Waals surface area (Å²) in [5.41, 5.74) is 9.09. The number of ether oxygens (including phenoxy) is 1. The number of aliphatic imine (C=N–C) groups is 1. The third kappa shape index (κ3) is 5.63. The highest BCUT2D eigenvalue weighted by Gasteiger charge is 1.96. The van der Waals surface area contributed by atoms with Gasteiger partial charge in [0.05, 0.1) is 13.7 Å². The number of halogens is 1. The van der Waals surface area contributed by atoms with Crippen LogP contribution in [0, 0.1) is 6.92 Å². The highest BCUT2D eigenvalue weighted by atomic mass is 127. The number of nitrogens with one attached hydrogen (secondary N) is 1. The maximum absolute atomic E-state index is 5.86. The van der Waals surface area contributed by atoms with Crippen LogP contribution in [0.2, 0.25) is 0 Å². The fourth-order valence-corrected chi connectivity index (χ4v) is 1.73. The fourth-order valence-electron chi connectivity index (χ4n) is 1.73. The second kappa shape index (κ2) is 8.51. The van der Waals surface area contributed by atoms with Crippen molar-refractivity contribution < 1.29 is 4.74 Å². The Kier molecular flexibility index (Phi) is 7.01. The highest BCUT2D eigenvalue weighted by Crippen LogP contribution is 2.12. The molecule has 0 aliphatic heterocycles. The van der Waals surface area contributed by atoms with Crippen molar-refractivity contribution in [3.8, 4) is 5.75 Å². The van der Waals surface area contributed by atoms with Gasteiger partial charge in [0.1, 0.15) is 5.75 Å². The van der Waals surface area contributed by atoms with E-state index in [9.17, 15) is 0 Å². The molecule has 4 nitrogen and oxygen atoms in total. The van der Waals surface area contributed by atoms with Crippen LogP contribution in [-0.2, 0) is 6.54 Å². The molecule has 0 radical (unpaired) electrons. The molecule has 0 aliphatic carbocycles. The summed E-state index contributed by atoms with van der Waals surface area (Å²) in [7, 11) is 1.65. The standard InChI is InChI=1S/C16H19N3O.HI/c1-12-3-7-14(8-4-12)19-16(17)18-11-13-5-9-15(20-2)10-6-13;/h3-10H,11H2,1-2H3,(H3,17,18,19);1H. The first kappa shape index (κ1) is 17.3. The Labute approximate surface area is 142 Å². The molecule has 0 amide bonds. The average molecular weight is 397 g/mol. The van der Waals surface area contributed by atoms with Gasteiger partial charge in [0.25, 0.3) is 0 Å². The van der Waals surface area contributed by atoms with E-state index in [1.54, 1.807) is 7.11 Å². The van der Waals surface area contributed by atoms with E-state index in [1.165, 1.54) is 5.56 Å². The number of hydrogen-bond acceptors (Lipinski definition) is 2. The molecular formula is C16H20IN3O. The van der Waals surface area contributed by atoms with Crippen LogP contribution in [-0.4, -0.2) is 13.1 Å². The number of nitrogens with two attached hydrogens (primary N) is 1. The van der Waals surface area contributed by atoms with Crippen molar-refractivity contribution in [3.63, 3.8) is 0 Å². The molecule has 0 spiro atoms. The van der Waals surface area contributed by atoms with E-state index in [0.29, 0.717) is 12.5 Å². The van der Waals surface area contributed by atoms with Crippen LogP contribution in [0.25, 0.3) is 0 Å². The second-order valence-corrected chi connectivity index (χ2v) is 4.54. The van der Waals surface area contributed by atoms with Crippen LogP contribution < -0.4 is 15.8 Å². The molecule has 0 saturated heterocycles. The smallest absolute Gasteiger partial charge is 0.193 e. The number of rotatable bonds is 4. The van der Waals surface area contributed by atoms with Crippen molar-refractivity contribution in [3.05, 3.63) is 59.7 Å². The van der Waals surface area contributed by atoms with Crippen LogP contribution >= 0.6 is 24.0 Å². The van der Waals surface area contributed by atoms with E-state index in [4.69, 9.17) is 10.5 Å². The summed E-state index contributed by atoms with van der Waals surface area (Å²) < 4.78 is 5.11. The first-order chi connectivity index (χ1) is 9.67. The Morgan fingerprint density at radius 1 is 1.10 bits per heavy atom. The summed E-state index contributed by atoms with van der Waals surface area (Å²) in [5.74, 6) is 1.24. The van der Waals surface area contributed by atoms with E-state index in [2.05, 4.69) is 10.3 Å². The van der Waals surface area contributed by atoms with Crippen LogP contribution in [0.5, 0.6) is 5.75 Å². The fraction of sp³-hybridized carbons (Fsp3) is 0.188.